The second kappa shape index (κ2) is 5.75. The maximum Gasteiger partial charge on any atom is 0.226 e. The van der Waals surface area contributed by atoms with Crippen molar-refractivity contribution in [1.82, 2.24) is 10.1 Å². The number of nitrogens with two attached hydrogens (primary N) is 1. The molecular weight excluding hydrogens is 250 g/mol. The normalized spacial score (nSPS) is 16.3. The zero-order valence-electron chi connectivity index (χ0n) is 11.9. The van der Waals surface area contributed by atoms with Crippen molar-refractivity contribution in [2.24, 2.45) is 11.7 Å². The van der Waals surface area contributed by atoms with E-state index in [2.05, 4.69) is 41.3 Å². The molecule has 0 saturated carbocycles. The van der Waals surface area contributed by atoms with Crippen LogP contribution in [0.2, 0.25) is 0 Å². The molecule has 1 aliphatic rings. The number of hydrogen-bond donors (Lipinski definition) is 1. The van der Waals surface area contributed by atoms with Gasteiger partial charge < -0.3 is 10.3 Å². The van der Waals surface area contributed by atoms with E-state index < -0.39 is 0 Å². The second-order valence-electron chi connectivity index (χ2n) is 5.63. The minimum absolute atomic E-state index is 0.364. The quantitative estimate of drug-likeness (QED) is 0.907. The van der Waals surface area contributed by atoms with Gasteiger partial charge in [-0.25, -0.2) is 0 Å². The number of hydrogen-bond acceptors (Lipinski definition) is 4. The summed E-state index contributed by atoms with van der Waals surface area (Å²) in [6.07, 6.45) is 3.87. The molecule has 1 aromatic carbocycles. The Labute approximate surface area is 119 Å². The lowest BCUT2D eigenvalue weighted by Gasteiger charge is -2.07. The molecular formula is C16H21N3O. The van der Waals surface area contributed by atoms with Crippen LogP contribution in [0, 0.1) is 5.92 Å². The standard InChI is InChI=1S/C16H21N3O/c1-2-11(10-17)7-15-18-16(19-20-15)14-8-12-5-3-4-6-13(12)9-14/h3-6,11,14H,2,7-10,17H2,1H3. The topological polar surface area (TPSA) is 64.9 Å². The fourth-order valence-electron chi connectivity index (χ4n) is 2.90. The lowest BCUT2D eigenvalue weighted by molar-refractivity contribution is 0.345. The molecule has 0 saturated heterocycles. The van der Waals surface area contributed by atoms with E-state index >= 15 is 0 Å². The average Bonchev–Trinajstić information content (AvgIpc) is 3.10. The zero-order chi connectivity index (χ0) is 13.9. The van der Waals surface area contributed by atoms with Gasteiger partial charge in [-0.15, -0.1) is 0 Å². The van der Waals surface area contributed by atoms with Crippen molar-refractivity contribution in [3.05, 3.63) is 47.1 Å². The van der Waals surface area contributed by atoms with E-state index in [0.29, 0.717) is 18.4 Å². The van der Waals surface area contributed by atoms with Gasteiger partial charge in [0.25, 0.3) is 0 Å². The van der Waals surface area contributed by atoms with Crippen LogP contribution in [0.4, 0.5) is 0 Å². The molecule has 20 heavy (non-hydrogen) atoms. The van der Waals surface area contributed by atoms with Gasteiger partial charge in [-0.2, -0.15) is 4.98 Å². The van der Waals surface area contributed by atoms with Crippen LogP contribution in [-0.2, 0) is 19.3 Å². The molecule has 0 spiro atoms. The van der Waals surface area contributed by atoms with Crippen molar-refractivity contribution < 1.29 is 4.52 Å². The van der Waals surface area contributed by atoms with Crippen molar-refractivity contribution >= 4 is 0 Å². The van der Waals surface area contributed by atoms with Crippen molar-refractivity contribution in [2.75, 3.05) is 6.54 Å². The number of rotatable bonds is 5. The Hall–Kier alpha value is -1.68. The van der Waals surface area contributed by atoms with Crippen LogP contribution < -0.4 is 5.73 Å². The molecule has 1 atom stereocenters. The van der Waals surface area contributed by atoms with Crippen LogP contribution in [0.1, 0.15) is 42.1 Å². The maximum absolute atomic E-state index is 5.73. The van der Waals surface area contributed by atoms with Crippen molar-refractivity contribution in [3.8, 4) is 0 Å². The van der Waals surface area contributed by atoms with Gasteiger partial charge in [0.2, 0.25) is 5.89 Å². The lowest BCUT2D eigenvalue weighted by Crippen LogP contribution is -2.16. The van der Waals surface area contributed by atoms with Gasteiger partial charge in [0.05, 0.1) is 0 Å². The molecule has 0 amide bonds. The summed E-state index contributed by atoms with van der Waals surface area (Å²) in [6.45, 7) is 2.81. The van der Waals surface area contributed by atoms with Gasteiger partial charge in [-0.05, 0) is 36.4 Å². The molecule has 106 valence electrons. The summed E-state index contributed by atoms with van der Waals surface area (Å²) >= 11 is 0. The smallest absolute Gasteiger partial charge is 0.226 e. The summed E-state index contributed by atoms with van der Waals surface area (Å²) < 4.78 is 5.39. The van der Waals surface area contributed by atoms with Crippen LogP contribution >= 0.6 is 0 Å². The van der Waals surface area contributed by atoms with Gasteiger partial charge in [0.15, 0.2) is 5.82 Å². The highest BCUT2D eigenvalue weighted by Gasteiger charge is 2.26. The molecule has 2 aromatic rings. The van der Waals surface area contributed by atoms with Gasteiger partial charge in [-0.3, -0.25) is 0 Å². The zero-order valence-corrected chi connectivity index (χ0v) is 11.9. The SMILES string of the molecule is CCC(CN)Cc1nc(C2Cc3ccccc3C2)no1. The van der Waals surface area contributed by atoms with Gasteiger partial charge in [0.1, 0.15) is 0 Å². The largest absolute Gasteiger partial charge is 0.339 e. The van der Waals surface area contributed by atoms with E-state index in [-0.39, 0.29) is 0 Å². The molecule has 4 nitrogen and oxygen atoms in total. The van der Waals surface area contributed by atoms with Crippen LogP contribution in [0.3, 0.4) is 0 Å². The van der Waals surface area contributed by atoms with Crippen LogP contribution in [0.15, 0.2) is 28.8 Å². The highest BCUT2D eigenvalue weighted by molar-refractivity contribution is 5.34. The Balaban J connectivity index is 1.70. The number of nitrogens with zero attached hydrogens (tertiary/aromatic N) is 2. The fourth-order valence-corrected chi connectivity index (χ4v) is 2.90. The summed E-state index contributed by atoms with van der Waals surface area (Å²) in [6, 6.07) is 8.57. The summed E-state index contributed by atoms with van der Waals surface area (Å²) in [5.74, 6) is 2.38. The second-order valence-corrected chi connectivity index (χ2v) is 5.63. The molecule has 2 N–H and O–H groups in total. The summed E-state index contributed by atoms with van der Waals surface area (Å²) in [5, 5.41) is 4.18. The van der Waals surface area contributed by atoms with Gasteiger partial charge in [0, 0.05) is 12.3 Å². The first-order valence-corrected chi connectivity index (χ1v) is 7.39. The van der Waals surface area contributed by atoms with E-state index in [4.69, 9.17) is 10.3 Å². The Morgan fingerprint density at radius 2 is 2.00 bits per heavy atom. The number of aromatic nitrogens is 2. The van der Waals surface area contributed by atoms with Crippen molar-refractivity contribution in [3.63, 3.8) is 0 Å². The first-order chi connectivity index (χ1) is 9.80. The van der Waals surface area contributed by atoms with Crippen LogP contribution in [0.5, 0.6) is 0 Å². The predicted octanol–water partition coefficient (Wildman–Crippen LogP) is 2.48. The monoisotopic (exact) mass is 271 g/mol. The third-order valence-electron chi connectivity index (χ3n) is 4.27. The Bertz CT molecular complexity index is 550. The molecule has 1 heterocycles. The summed E-state index contributed by atoms with van der Waals surface area (Å²) in [4.78, 5) is 4.58. The summed E-state index contributed by atoms with van der Waals surface area (Å²) in [5.41, 5.74) is 8.56. The highest BCUT2D eigenvalue weighted by Crippen LogP contribution is 2.32. The Morgan fingerprint density at radius 1 is 1.30 bits per heavy atom. The molecule has 1 aromatic heterocycles. The average molecular weight is 271 g/mol. The van der Waals surface area contributed by atoms with E-state index in [1.54, 1.807) is 0 Å². The Kier molecular flexibility index (Phi) is 3.83. The molecule has 0 bridgehead atoms. The first kappa shape index (κ1) is 13.3. The van der Waals surface area contributed by atoms with E-state index in [0.717, 1.165) is 37.4 Å². The van der Waals surface area contributed by atoms with E-state index in [9.17, 15) is 0 Å². The number of benzene rings is 1. The van der Waals surface area contributed by atoms with Crippen molar-refractivity contribution in [1.29, 1.82) is 0 Å². The van der Waals surface area contributed by atoms with Crippen LogP contribution in [0.25, 0.3) is 0 Å². The molecule has 3 rings (SSSR count). The molecule has 0 radical (unpaired) electrons. The van der Waals surface area contributed by atoms with E-state index in [1.807, 2.05) is 0 Å². The van der Waals surface area contributed by atoms with Gasteiger partial charge in [-0.1, -0.05) is 42.8 Å². The van der Waals surface area contributed by atoms with Crippen LogP contribution in [-0.4, -0.2) is 16.7 Å². The minimum Gasteiger partial charge on any atom is -0.339 e. The number of fused-ring (bicyclic) bond motifs is 1. The Morgan fingerprint density at radius 3 is 2.60 bits per heavy atom. The van der Waals surface area contributed by atoms with E-state index in [1.165, 1.54) is 11.1 Å². The molecule has 0 aliphatic heterocycles. The molecule has 4 heteroatoms. The third-order valence-corrected chi connectivity index (χ3v) is 4.27. The third kappa shape index (κ3) is 2.61. The summed E-state index contributed by atoms with van der Waals surface area (Å²) in [7, 11) is 0. The first-order valence-electron chi connectivity index (χ1n) is 7.39. The molecule has 1 unspecified atom stereocenters. The maximum atomic E-state index is 5.73. The minimum atomic E-state index is 0.364. The molecule has 1 aliphatic carbocycles. The predicted molar refractivity (Wildman–Crippen MR) is 77.4 cm³/mol. The fraction of sp³-hybridized carbons (Fsp3) is 0.500. The lowest BCUT2D eigenvalue weighted by atomic mass is 10.0. The highest BCUT2D eigenvalue weighted by atomic mass is 16.5. The molecule has 0 fully saturated rings. The van der Waals surface area contributed by atoms with Gasteiger partial charge >= 0.3 is 0 Å². The van der Waals surface area contributed by atoms with Crippen molar-refractivity contribution in [2.45, 2.75) is 38.5 Å².